The van der Waals surface area contributed by atoms with Gasteiger partial charge in [-0.2, -0.15) is 16.1 Å². The normalized spacial score (nSPS) is 18.4. The van der Waals surface area contributed by atoms with Crippen molar-refractivity contribution < 1.29 is 17.9 Å². The minimum Gasteiger partial charge on any atom is -0.474 e. The van der Waals surface area contributed by atoms with Crippen molar-refractivity contribution in [2.45, 2.75) is 43.2 Å². The van der Waals surface area contributed by atoms with Gasteiger partial charge in [0, 0.05) is 42.9 Å². The number of thioether (sulfide) groups is 1. The molecule has 2 aliphatic rings. The highest BCUT2D eigenvalue weighted by molar-refractivity contribution is 7.99. The molecule has 0 bridgehead atoms. The first-order valence-corrected chi connectivity index (χ1v) is 13.6. The second-order valence-corrected chi connectivity index (χ2v) is 11.4. The standard InChI is InChI=1S/C20H25N3O4S3/c24-19(18-17(7-11-29-18)30(25,26)23-9-12-28-13-10-23)22-14-15-4-3-8-21-20(15)27-16-5-1-2-6-16/h3-4,7-8,11,16H,1-2,5-6,9-10,12-14H2,(H,22,24). The fourth-order valence-corrected chi connectivity index (χ4v) is 7.57. The molecule has 2 aromatic rings. The fourth-order valence-electron chi connectivity index (χ4n) is 3.68. The number of rotatable bonds is 7. The number of carbonyl (C=O) groups is 1. The number of ether oxygens (including phenoxy) is 1. The van der Waals surface area contributed by atoms with Crippen LogP contribution in [-0.2, 0) is 16.6 Å². The minimum atomic E-state index is -3.67. The number of sulfonamides is 1. The third kappa shape index (κ3) is 4.82. The van der Waals surface area contributed by atoms with Crippen molar-refractivity contribution in [1.29, 1.82) is 0 Å². The molecule has 1 saturated heterocycles. The third-order valence-electron chi connectivity index (χ3n) is 5.29. The van der Waals surface area contributed by atoms with Gasteiger partial charge in [-0.1, -0.05) is 6.07 Å². The van der Waals surface area contributed by atoms with E-state index >= 15 is 0 Å². The van der Waals surface area contributed by atoms with Crippen molar-refractivity contribution in [3.8, 4) is 5.88 Å². The first kappa shape index (κ1) is 21.6. The lowest BCUT2D eigenvalue weighted by Crippen LogP contribution is -2.38. The van der Waals surface area contributed by atoms with Crippen molar-refractivity contribution in [3.63, 3.8) is 0 Å². The largest absolute Gasteiger partial charge is 0.474 e. The van der Waals surface area contributed by atoms with Crippen LogP contribution >= 0.6 is 23.1 Å². The second kappa shape index (κ2) is 9.67. The molecule has 1 saturated carbocycles. The van der Waals surface area contributed by atoms with Crippen molar-refractivity contribution in [2.75, 3.05) is 24.6 Å². The lowest BCUT2D eigenvalue weighted by atomic mass is 10.2. The molecule has 0 radical (unpaired) electrons. The zero-order chi connectivity index (χ0) is 21.0. The van der Waals surface area contributed by atoms with Crippen LogP contribution in [0, 0.1) is 0 Å². The Bertz CT molecular complexity index is 981. The van der Waals surface area contributed by atoms with Gasteiger partial charge < -0.3 is 10.1 Å². The summed E-state index contributed by atoms with van der Waals surface area (Å²) in [7, 11) is -3.67. The quantitative estimate of drug-likeness (QED) is 0.673. The monoisotopic (exact) mass is 467 g/mol. The maximum absolute atomic E-state index is 13.0. The molecule has 0 unspecified atom stereocenters. The van der Waals surface area contributed by atoms with Gasteiger partial charge in [-0.05, 0) is 43.2 Å². The summed E-state index contributed by atoms with van der Waals surface area (Å²) in [5.74, 6) is 1.69. The average Bonchev–Trinajstić information content (AvgIpc) is 3.46. The van der Waals surface area contributed by atoms with Crippen LogP contribution in [0.1, 0.15) is 40.9 Å². The zero-order valence-electron chi connectivity index (χ0n) is 16.6. The summed E-state index contributed by atoms with van der Waals surface area (Å²) in [6.07, 6.45) is 6.22. The van der Waals surface area contributed by atoms with E-state index in [-0.39, 0.29) is 22.4 Å². The van der Waals surface area contributed by atoms with Crippen LogP contribution in [0.4, 0.5) is 0 Å². The number of aromatic nitrogens is 1. The lowest BCUT2D eigenvalue weighted by Gasteiger charge is -2.25. The molecule has 3 heterocycles. The van der Waals surface area contributed by atoms with E-state index < -0.39 is 15.9 Å². The van der Waals surface area contributed by atoms with E-state index in [4.69, 9.17) is 4.74 Å². The Kier molecular flexibility index (Phi) is 6.97. The van der Waals surface area contributed by atoms with Crippen LogP contribution in [0.2, 0.25) is 0 Å². The highest BCUT2D eigenvalue weighted by atomic mass is 32.2. The summed E-state index contributed by atoms with van der Waals surface area (Å²) < 4.78 is 33.5. The lowest BCUT2D eigenvalue weighted by molar-refractivity contribution is 0.0951. The van der Waals surface area contributed by atoms with Gasteiger partial charge in [-0.25, -0.2) is 13.4 Å². The average molecular weight is 468 g/mol. The van der Waals surface area contributed by atoms with Crippen LogP contribution in [0.15, 0.2) is 34.7 Å². The van der Waals surface area contributed by atoms with E-state index in [9.17, 15) is 13.2 Å². The molecule has 10 heteroatoms. The molecule has 30 heavy (non-hydrogen) atoms. The third-order valence-corrected chi connectivity index (χ3v) is 9.22. The maximum Gasteiger partial charge on any atom is 0.263 e. The Balaban J connectivity index is 1.45. The zero-order valence-corrected chi connectivity index (χ0v) is 19.0. The van der Waals surface area contributed by atoms with Gasteiger partial charge >= 0.3 is 0 Å². The molecule has 1 amide bonds. The van der Waals surface area contributed by atoms with Gasteiger partial charge in [-0.3, -0.25) is 4.79 Å². The van der Waals surface area contributed by atoms with Crippen molar-refractivity contribution in [3.05, 3.63) is 40.2 Å². The summed E-state index contributed by atoms with van der Waals surface area (Å²) in [4.78, 5) is 17.5. The molecule has 162 valence electrons. The van der Waals surface area contributed by atoms with E-state index in [1.54, 1.807) is 29.4 Å². The Hall–Kier alpha value is -1.62. The summed E-state index contributed by atoms with van der Waals surface area (Å²) in [5.41, 5.74) is 0.784. The highest BCUT2D eigenvalue weighted by Crippen LogP contribution is 2.28. The summed E-state index contributed by atoms with van der Waals surface area (Å²) in [6.45, 7) is 1.18. The molecule has 2 fully saturated rings. The molecule has 0 spiro atoms. The number of hydrogen-bond donors (Lipinski definition) is 1. The smallest absolute Gasteiger partial charge is 0.263 e. The van der Waals surface area contributed by atoms with Gasteiger partial charge in [0.15, 0.2) is 0 Å². The van der Waals surface area contributed by atoms with Crippen molar-refractivity contribution in [2.24, 2.45) is 0 Å². The van der Waals surface area contributed by atoms with Gasteiger partial charge in [-0.15, -0.1) is 11.3 Å². The van der Waals surface area contributed by atoms with Crippen LogP contribution in [0.3, 0.4) is 0 Å². The van der Waals surface area contributed by atoms with Gasteiger partial charge in [0.25, 0.3) is 5.91 Å². The SMILES string of the molecule is O=C(NCc1cccnc1OC1CCCC1)c1sccc1S(=O)(=O)N1CCSCC1. The number of thiophene rings is 1. The van der Waals surface area contributed by atoms with E-state index in [2.05, 4.69) is 10.3 Å². The Morgan fingerprint density at radius 1 is 1.23 bits per heavy atom. The summed E-state index contributed by atoms with van der Waals surface area (Å²) >= 11 is 2.88. The number of pyridine rings is 1. The Morgan fingerprint density at radius 3 is 2.77 bits per heavy atom. The van der Waals surface area contributed by atoms with Gasteiger partial charge in [0.1, 0.15) is 15.9 Å². The fraction of sp³-hybridized carbons (Fsp3) is 0.500. The van der Waals surface area contributed by atoms with Crippen LogP contribution in [-0.4, -0.2) is 54.3 Å². The first-order chi connectivity index (χ1) is 14.6. The second-order valence-electron chi connectivity index (χ2n) is 7.31. The molecule has 1 N–H and O–H groups in total. The Morgan fingerprint density at radius 2 is 2.00 bits per heavy atom. The number of hydrogen-bond acceptors (Lipinski definition) is 7. The molecule has 2 aromatic heterocycles. The topological polar surface area (TPSA) is 88.6 Å². The molecule has 0 aromatic carbocycles. The number of amides is 1. The van der Waals surface area contributed by atoms with Gasteiger partial charge in [0.05, 0.1) is 0 Å². The molecule has 0 atom stereocenters. The predicted molar refractivity (Wildman–Crippen MR) is 119 cm³/mol. The van der Waals surface area contributed by atoms with Crippen LogP contribution in [0.5, 0.6) is 5.88 Å². The molecular weight excluding hydrogens is 442 g/mol. The molecule has 1 aliphatic carbocycles. The van der Waals surface area contributed by atoms with E-state index in [1.807, 2.05) is 6.07 Å². The molecule has 7 nitrogen and oxygen atoms in total. The van der Waals surface area contributed by atoms with Crippen molar-refractivity contribution >= 4 is 39.0 Å². The molecule has 4 rings (SSSR count). The van der Waals surface area contributed by atoms with Gasteiger partial charge in [0.2, 0.25) is 15.9 Å². The Labute approximate surface area is 185 Å². The van der Waals surface area contributed by atoms with Crippen molar-refractivity contribution in [1.82, 2.24) is 14.6 Å². The van der Waals surface area contributed by atoms with Crippen LogP contribution < -0.4 is 10.1 Å². The number of carbonyl (C=O) groups excluding carboxylic acids is 1. The minimum absolute atomic E-state index is 0.0884. The summed E-state index contributed by atoms with van der Waals surface area (Å²) in [6, 6.07) is 5.20. The molecular formula is C20H25N3O4S3. The predicted octanol–water partition coefficient (Wildman–Crippen LogP) is 3.13. The molecule has 1 aliphatic heterocycles. The van der Waals surface area contributed by atoms with E-state index in [1.165, 1.54) is 10.4 Å². The number of nitrogens with zero attached hydrogens (tertiary/aromatic N) is 2. The highest BCUT2D eigenvalue weighted by Gasteiger charge is 2.31. The van der Waals surface area contributed by atoms with Crippen LogP contribution in [0.25, 0.3) is 0 Å². The van der Waals surface area contributed by atoms with E-state index in [0.29, 0.717) is 19.0 Å². The summed E-state index contributed by atoms with van der Waals surface area (Å²) in [5, 5.41) is 4.50. The maximum atomic E-state index is 13.0. The number of nitrogens with one attached hydrogen (secondary N) is 1. The van der Waals surface area contributed by atoms with E-state index in [0.717, 1.165) is 54.1 Å². The first-order valence-electron chi connectivity index (χ1n) is 10.1.